The largest absolute Gasteiger partial charge is 0.380 e. The van der Waals surface area contributed by atoms with E-state index in [1.807, 2.05) is 0 Å². The lowest BCUT2D eigenvalue weighted by Crippen LogP contribution is -2.36. The molecule has 2 atom stereocenters. The summed E-state index contributed by atoms with van der Waals surface area (Å²) in [6, 6.07) is 0. The van der Waals surface area contributed by atoms with Crippen molar-refractivity contribution in [2.24, 2.45) is 5.92 Å². The number of hydrogen-bond acceptors (Lipinski definition) is 2. The van der Waals surface area contributed by atoms with E-state index >= 15 is 0 Å². The number of rotatable bonds is 1. The molecule has 1 rings (SSSR count). The lowest BCUT2D eigenvalue weighted by molar-refractivity contribution is 0.141. The number of aliphatic hydroxyl groups excluding tert-OH is 1. The summed E-state index contributed by atoms with van der Waals surface area (Å²) in [7, 11) is 0. The maximum absolute atomic E-state index is 9.46. The Morgan fingerprint density at radius 1 is 1.64 bits per heavy atom. The van der Waals surface area contributed by atoms with E-state index in [0.717, 1.165) is 25.9 Å². The van der Waals surface area contributed by atoms with Crippen molar-refractivity contribution in [1.82, 2.24) is 5.32 Å². The van der Waals surface area contributed by atoms with Crippen LogP contribution in [0.1, 0.15) is 19.8 Å². The molecule has 0 aromatic rings. The Kier molecular flexibility index (Phi) is 3.41. The summed E-state index contributed by atoms with van der Waals surface area (Å²) in [5, 5.41) is 12.7. The lowest BCUT2D eigenvalue weighted by Gasteiger charge is -2.24. The van der Waals surface area contributed by atoms with Crippen LogP contribution in [0, 0.1) is 17.8 Å². The van der Waals surface area contributed by atoms with Crippen molar-refractivity contribution in [3.63, 3.8) is 0 Å². The van der Waals surface area contributed by atoms with Crippen molar-refractivity contribution < 1.29 is 5.11 Å². The highest BCUT2D eigenvalue weighted by molar-refractivity contribution is 5.04. The van der Waals surface area contributed by atoms with Crippen LogP contribution in [0.25, 0.3) is 0 Å². The molecule has 2 heteroatoms. The lowest BCUT2D eigenvalue weighted by atomic mass is 9.94. The van der Waals surface area contributed by atoms with Crippen LogP contribution in [0.3, 0.4) is 0 Å². The minimum absolute atomic E-state index is 0.344. The average Bonchev–Trinajstić information content (AvgIpc) is 2.07. The molecular formula is C9H15NO. The molecule has 0 bridgehead atoms. The van der Waals surface area contributed by atoms with E-state index in [9.17, 15) is 5.11 Å². The van der Waals surface area contributed by atoms with Gasteiger partial charge in [0.25, 0.3) is 0 Å². The van der Waals surface area contributed by atoms with E-state index in [4.69, 9.17) is 0 Å². The Bertz CT molecular complexity index is 162. The Morgan fingerprint density at radius 2 is 2.45 bits per heavy atom. The SMILES string of the molecule is CC#CC(O)C1CCCNC1. The quantitative estimate of drug-likeness (QED) is 0.533. The smallest absolute Gasteiger partial charge is 0.118 e. The first-order valence-corrected chi connectivity index (χ1v) is 4.15. The molecule has 11 heavy (non-hydrogen) atoms. The van der Waals surface area contributed by atoms with E-state index in [2.05, 4.69) is 17.2 Å². The number of aliphatic hydroxyl groups is 1. The fourth-order valence-corrected chi connectivity index (χ4v) is 1.41. The maximum Gasteiger partial charge on any atom is 0.118 e. The van der Waals surface area contributed by atoms with Gasteiger partial charge in [0.2, 0.25) is 0 Å². The maximum atomic E-state index is 9.46. The molecule has 0 saturated carbocycles. The van der Waals surface area contributed by atoms with Gasteiger partial charge in [-0.3, -0.25) is 0 Å². The monoisotopic (exact) mass is 153 g/mol. The highest BCUT2D eigenvalue weighted by Gasteiger charge is 2.19. The zero-order valence-corrected chi connectivity index (χ0v) is 6.93. The molecular weight excluding hydrogens is 138 g/mol. The van der Waals surface area contributed by atoms with Gasteiger partial charge in [-0.05, 0) is 26.3 Å². The van der Waals surface area contributed by atoms with Gasteiger partial charge in [-0.15, -0.1) is 5.92 Å². The van der Waals surface area contributed by atoms with E-state index in [0.29, 0.717) is 5.92 Å². The second kappa shape index (κ2) is 4.38. The van der Waals surface area contributed by atoms with Crippen LogP contribution >= 0.6 is 0 Å². The summed E-state index contributed by atoms with van der Waals surface area (Å²) < 4.78 is 0. The minimum atomic E-state index is -0.423. The number of nitrogens with one attached hydrogen (secondary N) is 1. The molecule has 2 unspecified atom stereocenters. The fourth-order valence-electron chi connectivity index (χ4n) is 1.41. The van der Waals surface area contributed by atoms with Gasteiger partial charge in [-0.2, -0.15) is 0 Å². The van der Waals surface area contributed by atoms with Gasteiger partial charge in [0.05, 0.1) is 0 Å². The zero-order valence-electron chi connectivity index (χ0n) is 6.93. The fraction of sp³-hybridized carbons (Fsp3) is 0.778. The molecule has 0 aliphatic carbocycles. The summed E-state index contributed by atoms with van der Waals surface area (Å²) in [5.41, 5.74) is 0. The predicted molar refractivity (Wildman–Crippen MR) is 45.1 cm³/mol. The molecule has 1 heterocycles. The molecule has 0 aromatic heterocycles. The zero-order chi connectivity index (χ0) is 8.10. The Hall–Kier alpha value is -0.520. The molecule has 1 saturated heterocycles. The highest BCUT2D eigenvalue weighted by atomic mass is 16.3. The molecule has 1 aliphatic rings. The molecule has 1 aliphatic heterocycles. The number of piperidine rings is 1. The summed E-state index contributed by atoms with van der Waals surface area (Å²) in [6.07, 6.45) is 1.84. The third-order valence-corrected chi connectivity index (χ3v) is 2.07. The van der Waals surface area contributed by atoms with Crippen molar-refractivity contribution in [1.29, 1.82) is 0 Å². The van der Waals surface area contributed by atoms with Crippen LogP contribution in [-0.4, -0.2) is 24.3 Å². The van der Waals surface area contributed by atoms with Gasteiger partial charge in [0, 0.05) is 12.5 Å². The topological polar surface area (TPSA) is 32.3 Å². The van der Waals surface area contributed by atoms with Crippen LogP contribution in [0.15, 0.2) is 0 Å². The van der Waals surface area contributed by atoms with E-state index in [1.165, 1.54) is 0 Å². The Labute approximate surface area is 68.0 Å². The second-order valence-electron chi connectivity index (χ2n) is 2.95. The Morgan fingerprint density at radius 3 is 3.00 bits per heavy atom. The first-order valence-electron chi connectivity index (χ1n) is 4.15. The Balaban J connectivity index is 2.36. The molecule has 2 nitrogen and oxygen atoms in total. The summed E-state index contributed by atoms with van der Waals surface area (Å²) in [4.78, 5) is 0. The highest BCUT2D eigenvalue weighted by Crippen LogP contribution is 2.13. The third kappa shape index (κ3) is 2.53. The summed E-state index contributed by atoms with van der Waals surface area (Å²) >= 11 is 0. The van der Waals surface area contributed by atoms with Crippen molar-refractivity contribution >= 4 is 0 Å². The molecule has 2 N–H and O–H groups in total. The van der Waals surface area contributed by atoms with E-state index < -0.39 is 6.10 Å². The molecule has 0 amide bonds. The van der Waals surface area contributed by atoms with Gasteiger partial charge in [0.1, 0.15) is 6.10 Å². The van der Waals surface area contributed by atoms with Crippen LogP contribution in [0.5, 0.6) is 0 Å². The summed E-state index contributed by atoms with van der Waals surface area (Å²) in [5.74, 6) is 5.86. The van der Waals surface area contributed by atoms with Crippen molar-refractivity contribution in [3.8, 4) is 11.8 Å². The van der Waals surface area contributed by atoms with Gasteiger partial charge >= 0.3 is 0 Å². The molecule has 62 valence electrons. The van der Waals surface area contributed by atoms with Gasteiger partial charge < -0.3 is 10.4 Å². The van der Waals surface area contributed by atoms with Gasteiger partial charge in [-0.25, -0.2) is 0 Å². The van der Waals surface area contributed by atoms with Crippen LogP contribution in [0.2, 0.25) is 0 Å². The van der Waals surface area contributed by atoms with Gasteiger partial charge in [0.15, 0.2) is 0 Å². The minimum Gasteiger partial charge on any atom is -0.380 e. The molecule has 0 radical (unpaired) electrons. The van der Waals surface area contributed by atoms with Crippen LogP contribution in [-0.2, 0) is 0 Å². The first kappa shape index (κ1) is 8.58. The van der Waals surface area contributed by atoms with Crippen molar-refractivity contribution in [2.75, 3.05) is 13.1 Å². The second-order valence-corrected chi connectivity index (χ2v) is 2.95. The first-order chi connectivity index (χ1) is 5.34. The predicted octanol–water partition coefficient (Wildman–Crippen LogP) is 0.370. The average molecular weight is 153 g/mol. The standard InChI is InChI=1S/C9H15NO/c1-2-4-9(11)8-5-3-6-10-7-8/h8-11H,3,5-7H2,1H3. The van der Waals surface area contributed by atoms with Crippen molar-refractivity contribution in [2.45, 2.75) is 25.9 Å². The van der Waals surface area contributed by atoms with E-state index in [1.54, 1.807) is 6.92 Å². The normalized spacial score (nSPS) is 26.9. The number of hydrogen-bond donors (Lipinski definition) is 2. The summed E-state index contributed by atoms with van der Waals surface area (Å²) in [6.45, 7) is 3.76. The van der Waals surface area contributed by atoms with Gasteiger partial charge in [-0.1, -0.05) is 5.92 Å². The molecule has 1 fully saturated rings. The van der Waals surface area contributed by atoms with Crippen LogP contribution < -0.4 is 5.32 Å². The van der Waals surface area contributed by atoms with Crippen LogP contribution in [0.4, 0.5) is 0 Å². The third-order valence-electron chi connectivity index (χ3n) is 2.07. The molecule has 0 aromatic carbocycles. The van der Waals surface area contributed by atoms with Crippen molar-refractivity contribution in [3.05, 3.63) is 0 Å². The van der Waals surface area contributed by atoms with E-state index in [-0.39, 0.29) is 0 Å². The molecule has 0 spiro atoms.